The molecule has 8 nitrogen and oxygen atoms in total. The molecular formula is C27H33N7O. The molecule has 2 aromatic carbocycles. The number of nitrogens with one attached hydrogen (secondary N) is 2. The molecule has 3 aromatic rings. The first kappa shape index (κ1) is 22.2. The Kier molecular flexibility index (Phi) is 6.00. The van der Waals surface area contributed by atoms with Crippen LogP contribution in [0.25, 0.3) is 0 Å². The molecule has 2 aliphatic carbocycles. The average molecular weight is 472 g/mol. The minimum Gasteiger partial charge on any atom is -0.351 e. The Bertz CT molecular complexity index is 1160. The van der Waals surface area contributed by atoms with E-state index in [4.69, 9.17) is 10.8 Å². The summed E-state index contributed by atoms with van der Waals surface area (Å²) >= 11 is 0. The molecule has 1 aromatic heterocycles. The van der Waals surface area contributed by atoms with Crippen molar-refractivity contribution in [3.8, 4) is 0 Å². The molecule has 35 heavy (non-hydrogen) atoms. The van der Waals surface area contributed by atoms with E-state index in [1.54, 1.807) is 4.90 Å². The first-order valence-electron chi connectivity index (χ1n) is 12.8. The van der Waals surface area contributed by atoms with Crippen molar-refractivity contribution in [2.75, 3.05) is 0 Å². The summed E-state index contributed by atoms with van der Waals surface area (Å²) in [6, 6.07) is 20.4. The molecule has 0 bridgehead atoms. The van der Waals surface area contributed by atoms with Crippen LogP contribution in [0, 0.1) is 5.92 Å². The van der Waals surface area contributed by atoms with Gasteiger partial charge in [-0.25, -0.2) is 14.9 Å². The van der Waals surface area contributed by atoms with Crippen molar-refractivity contribution in [1.82, 2.24) is 30.7 Å². The van der Waals surface area contributed by atoms with Gasteiger partial charge in [0.1, 0.15) is 6.17 Å². The Hall–Kier alpha value is -3.23. The highest BCUT2D eigenvalue weighted by Crippen LogP contribution is 2.47. The molecule has 8 heteroatoms. The van der Waals surface area contributed by atoms with Gasteiger partial charge in [0.15, 0.2) is 0 Å². The minimum absolute atomic E-state index is 0.149. The van der Waals surface area contributed by atoms with Crippen LogP contribution in [0.15, 0.2) is 60.7 Å². The number of amides is 2. The van der Waals surface area contributed by atoms with Gasteiger partial charge in [0.25, 0.3) is 0 Å². The van der Waals surface area contributed by atoms with E-state index in [-0.39, 0.29) is 12.1 Å². The summed E-state index contributed by atoms with van der Waals surface area (Å²) in [5, 5.41) is 9.37. The number of hydrogen-bond acceptors (Lipinski definition) is 5. The summed E-state index contributed by atoms with van der Waals surface area (Å²) in [5.74, 6) is 1.17. The second kappa shape index (κ2) is 9.43. The first-order valence-corrected chi connectivity index (χ1v) is 12.8. The maximum Gasteiger partial charge on any atom is 0.316 e. The van der Waals surface area contributed by atoms with Crippen molar-refractivity contribution in [3.05, 3.63) is 83.2 Å². The van der Waals surface area contributed by atoms with Gasteiger partial charge in [-0.3, -0.25) is 5.43 Å². The lowest BCUT2D eigenvalue weighted by Gasteiger charge is -2.36. The number of rotatable bonds is 7. The fourth-order valence-corrected chi connectivity index (χ4v) is 5.96. The molecule has 0 spiro atoms. The van der Waals surface area contributed by atoms with Crippen LogP contribution in [0.3, 0.4) is 0 Å². The van der Waals surface area contributed by atoms with Crippen molar-refractivity contribution >= 4 is 6.03 Å². The molecule has 2 heterocycles. The summed E-state index contributed by atoms with van der Waals surface area (Å²) in [6.07, 6.45) is 5.34. The van der Waals surface area contributed by atoms with Gasteiger partial charge in [-0.05, 0) is 43.2 Å². The Balaban J connectivity index is 1.23. The lowest BCUT2D eigenvalue weighted by molar-refractivity contribution is 0.133. The number of fused-ring (bicyclic) bond motifs is 1. The number of nitrogens with two attached hydrogens (primary N) is 1. The largest absolute Gasteiger partial charge is 0.351 e. The number of nitrogens with zero attached hydrogens (tertiary/aromatic N) is 4. The monoisotopic (exact) mass is 471 g/mol. The highest BCUT2D eigenvalue weighted by atomic mass is 16.2. The van der Waals surface area contributed by atoms with Crippen molar-refractivity contribution in [2.24, 2.45) is 11.7 Å². The summed E-state index contributed by atoms with van der Waals surface area (Å²) < 4.78 is 2.13. The number of aromatic nitrogens is 3. The van der Waals surface area contributed by atoms with Crippen molar-refractivity contribution in [1.29, 1.82) is 0 Å². The fourth-order valence-electron chi connectivity index (χ4n) is 5.96. The Morgan fingerprint density at radius 1 is 0.943 bits per heavy atom. The second-order valence-electron chi connectivity index (χ2n) is 10.2. The van der Waals surface area contributed by atoms with Crippen LogP contribution in [0.2, 0.25) is 0 Å². The molecule has 6 rings (SSSR count). The van der Waals surface area contributed by atoms with Crippen LogP contribution in [-0.4, -0.2) is 38.1 Å². The minimum atomic E-state index is -0.400. The third-order valence-corrected chi connectivity index (χ3v) is 7.86. The van der Waals surface area contributed by atoms with Crippen LogP contribution < -0.4 is 16.6 Å². The van der Waals surface area contributed by atoms with Gasteiger partial charge in [-0.1, -0.05) is 65.9 Å². The molecule has 2 saturated carbocycles. The van der Waals surface area contributed by atoms with Crippen LogP contribution >= 0.6 is 0 Å². The van der Waals surface area contributed by atoms with E-state index in [1.807, 2.05) is 36.4 Å². The zero-order valence-electron chi connectivity index (χ0n) is 19.9. The zero-order valence-corrected chi connectivity index (χ0v) is 19.9. The lowest BCUT2D eigenvalue weighted by Crippen LogP contribution is -2.52. The fraction of sp³-hybridized carbons (Fsp3) is 0.444. The quantitative estimate of drug-likeness (QED) is 0.490. The Labute approximate surface area is 205 Å². The van der Waals surface area contributed by atoms with E-state index >= 15 is 0 Å². The molecule has 1 aliphatic heterocycles. The van der Waals surface area contributed by atoms with Crippen molar-refractivity contribution < 1.29 is 4.79 Å². The second-order valence-corrected chi connectivity index (χ2v) is 10.2. The van der Waals surface area contributed by atoms with Crippen molar-refractivity contribution in [3.63, 3.8) is 0 Å². The maximum absolute atomic E-state index is 12.5. The van der Waals surface area contributed by atoms with Gasteiger partial charge >= 0.3 is 6.03 Å². The van der Waals surface area contributed by atoms with Crippen molar-refractivity contribution in [2.45, 2.75) is 69.2 Å². The molecule has 3 fully saturated rings. The molecule has 182 valence electrons. The summed E-state index contributed by atoms with van der Waals surface area (Å²) in [4.78, 5) is 14.3. The number of hydrogen-bond donors (Lipinski definition) is 3. The number of carbonyl (C=O) groups is 1. The van der Waals surface area contributed by atoms with E-state index in [2.05, 4.69) is 45.0 Å². The van der Waals surface area contributed by atoms with Gasteiger partial charge in [0.2, 0.25) is 0 Å². The molecule has 4 N–H and O–H groups in total. The van der Waals surface area contributed by atoms with Crippen LogP contribution in [0.1, 0.15) is 66.5 Å². The highest BCUT2D eigenvalue weighted by molar-refractivity contribution is 5.72. The van der Waals surface area contributed by atoms with Crippen LogP contribution in [0.4, 0.5) is 4.79 Å². The van der Waals surface area contributed by atoms with Gasteiger partial charge in [0.05, 0.1) is 17.9 Å². The summed E-state index contributed by atoms with van der Waals surface area (Å²) in [6.45, 7) is 1.25. The topological polar surface area (TPSA) is 101 Å². The third kappa shape index (κ3) is 4.56. The standard InChI is InChI=1S/C27H33N7O/c28-27(35)33(16-18-7-3-1-4-8-18)26-22-15-21(13-14-23(22)29-31-26)24-25(20-11-12-20)34(32-30-24)17-19-9-5-2-6-10-19/h1-10,20-23,26,29,31H,11-17H2,(H2,28,35). The molecule has 4 unspecified atom stereocenters. The number of benzene rings is 2. The SMILES string of the molecule is NC(=O)N(Cc1ccccc1)C1NNC2CCC(c3nnn(Cc4ccccc4)c3C3CC3)CC21. The highest BCUT2D eigenvalue weighted by Gasteiger charge is 2.46. The first-order chi connectivity index (χ1) is 17.2. The molecule has 0 radical (unpaired) electrons. The number of primary amides is 1. The normalized spacial score (nSPS) is 25.8. The molecular weight excluding hydrogens is 438 g/mol. The van der Waals surface area contributed by atoms with E-state index in [0.717, 1.165) is 31.4 Å². The average Bonchev–Trinajstić information content (AvgIpc) is 3.51. The maximum atomic E-state index is 12.5. The predicted molar refractivity (Wildman–Crippen MR) is 133 cm³/mol. The lowest BCUT2D eigenvalue weighted by atomic mass is 9.75. The molecule has 4 atom stereocenters. The summed E-state index contributed by atoms with van der Waals surface area (Å²) in [7, 11) is 0. The zero-order chi connectivity index (χ0) is 23.8. The number of urea groups is 1. The number of hydrazine groups is 1. The smallest absolute Gasteiger partial charge is 0.316 e. The predicted octanol–water partition coefficient (Wildman–Crippen LogP) is 3.47. The van der Waals surface area contributed by atoms with Crippen LogP contribution in [0.5, 0.6) is 0 Å². The van der Waals surface area contributed by atoms with Gasteiger partial charge in [-0.15, -0.1) is 5.10 Å². The molecule has 3 aliphatic rings. The van der Waals surface area contributed by atoms with Gasteiger partial charge in [-0.2, -0.15) is 0 Å². The summed E-state index contributed by atoms with van der Waals surface area (Å²) in [5.41, 5.74) is 17.5. The molecule has 1 saturated heterocycles. The third-order valence-electron chi connectivity index (χ3n) is 7.86. The van der Waals surface area contributed by atoms with E-state index < -0.39 is 6.03 Å². The van der Waals surface area contributed by atoms with E-state index in [9.17, 15) is 4.79 Å². The Morgan fingerprint density at radius 2 is 1.63 bits per heavy atom. The van der Waals surface area contributed by atoms with E-state index in [0.29, 0.717) is 24.4 Å². The van der Waals surface area contributed by atoms with Gasteiger partial charge < -0.3 is 10.6 Å². The van der Waals surface area contributed by atoms with E-state index in [1.165, 1.54) is 29.8 Å². The van der Waals surface area contributed by atoms with Gasteiger partial charge in [0, 0.05) is 30.3 Å². The number of carbonyl (C=O) groups excluding carboxylic acids is 1. The molecule has 2 amide bonds. The Morgan fingerprint density at radius 3 is 2.31 bits per heavy atom. The van der Waals surface area contributed by atoms with Crippen LogP contribution in [-0.2, 0) is 13.1 Å².